The molecule has 0 saturated carbocycles. The third-order valence-electron chi connectivity index (χ3n) is 12.0. The molecule has 0 aromatic rings. The summed E-state index contributed by atoms with van der Waals surface area (Å²) < 4.78 is 16.8. The Morgan fingerprint density at radius 2 is 0.565 bits per heavy atom. The van der Waals surface area contributed by atoms with Crippen LogP contribution in [0.3, 0.4) is 0 Å². The first-order valence-electron chi connectivity index (χ1n) is 28.7. The largest absolute Gasteiger partial charge is 0.462 e. The van der Waals surface area contributed by atoms with Crippen molar-refractivity contribution in [1.29, 1.82) is 0 Å². The van der Waals surface area contributed by atoms with Gasteiger partial charge in [0.2, 0.25) is 0 Å². The highest BCUT2D eigenvalue weighted by Gasteiger charge is 2.19. The van der Waals surface area contributed by atoms with E-state index in [1.54, 1.807) is 0 Å². The Bertz CT molecular complexity index is 1380. The van der Waals surface area contributed by atoms with Crippen molar-refractivity contribution in [2.75, 3.05) is 13.2 Å². The molecular formula is C63H106O6. The van der Waals surface area contributed by atoms with Crippen molar-refractivity contribution < 1.29 is 28.6 Å². The van der Waals surface area contributed by atoms with Gasteiger partial charge in [-0.25, -0.2) is 0 Å². The monoisotopic (exact) mass is 959 g/mol. The van der Waals surface area contributed by atoms with Crippen LogP contribution in [0.15, 0.2) is 97.2 Å². The van der Waals surface area contributed by atoms with E-state index in [0.717, 1.165) is 96.3 Å². The minimum absolute atomic E-state index is 0.111. The van der Waals surface area contributed by atoms with Gasteiger partial charge in [0.1, 0.15) is 13.2 Å². The van der Waals surface area contributed by atoms with Crippen molar-refractivity contribution in [3.05, 3.63) is 97.2 Å². The highest BCUT2D eigenvalue weighted by Crippen LogP contribution is 2.15. The summed E-state index contributed by atoms with van der Waals surface area (Å²) in [4.78, 5) is 38.1. The smallest absolute Gasteiger partial charge is 0.306 e. The molecule has 0 aromatic heterocycles. The number of esters is 3. The first-order chi connectivity index (χ1) is 34.0. The number of rotatable bonds is 51. The molecule has 0 saturated heterocycles. The van der Waals surface area contributed by atoms with Gasteiger partial charge < -0.3 is 14.2 Å². The van der Waals surface area contributed by atoms with E-state index in [1.807, 2.05) is 0 Å². The molecule has 6 nitrogen and oxygen atoms in total. The third-order valence-corrected chi connectivity index (χ3v) is 12.0. The molecule has 394 valence electrons. The van der Waals surface area contributed by atoms with E-state index in [2.05, 4.69) is 118 Å². The second kappa shape index (κ2) is 56.9. The molecule has 0 rings (SSSR count). The minimum Gasteiger partial charge on any atom is -0.462 e. The van der Waals surface area contributed by atoms with Crippen LogP contribution in [0, 0.1) is 0 Å². The van der Waals surface area contributed by atoms with Crippen LogP contribution in [0.4, 0.5) is 0 Å². The summed E-state index contributed by atoms with van der Waals surface area (Å²) in [6, 6.07) is 0. The Hall–Kier alpha value is -3.67. The van der Waals surface area contributed by atoms with Gasteiger partial charge in [-0.1, -0.05) is 221 Å². The second-order valence-electron chi connectivity index (χ2n) is 18.8. The Morgan fingerprint density at radius 1 is 0.304 bits per heavy atom. The van der Waals surface area contributed by atoms with Crippen molar-refractivity contribution in [3.8, 4) is 0 Å². The van der Waals surface area contributed by atoms with E-state index in [4.69, 9.17) is 14.2 Å². The Kier molecular flexibility index (Phi) is 53.9. The van der Waals surface area contributed by atoms with Gasteiger partial charge in [-0.3, -0.25) is 14.4 Å². The zero-order chi connectivity index (χ0) is 50.0. The molecule has 0 heterocycles. The maximum absolute atomic E-state index is 12.9. The van der Waals surface area contributed by atoms with Crippen molar-refractivity contribution in [2.24, 2.45) is 0 Å². The average molecular weight is 960 g/mol. The van der Waals surface area contributed by atoms with Crippen LogP contribution < -0.4 is 0 Å². The standard InChI is InChI=1S/C63H106O6/c1-4-7-10-13-16-19-22-25-28-29-30-31-32-33-36-39-42-45-48-51-54-57-63(66)69-60(58-67-61(64)55-52-49-46-43-40-37-34-26-23-20-17-14-11-8-5-2)59-68-62(65)56-53-50-47-44-41-38-35-27-24-21-18-15-12-9-6-3/h8,11,17-18,20-21,25-28,34-35,40-41,43-44,60H,4-7,9-10,12-16,19,22-24,29-33,36-39,42,45-59H2,1-3H3/b11-8-,20-17-,21-18-,28-25-,34-26-,35-27-,43-40-,44-41-/t60-/m1/s1. The molecule has 0 aromatic carbocycles. The normalized spacial score (nSPS) is 12.8. The Balaban J connectivity index is 4.46. The van der Waals surface area contributed by atoms with Gasteiger partial charge in [0.25, 0.3) is 0 Å². The van der Waals surface area contributed by atoms with Gasteiger partial charge in [0.15, 0.2) is 6.10 Å². The first-order valence-corrected chi connectivity index (χ1v) is 28.7. The number of hydrogen-bond donors (Lipinski definition) is 0. The van der Waals surface area contributed by atoms with E-state index in [9.17, 15) is 14.4 Å². The molecule has 6 heteroatoms. The lowest BCUT2D eigenvalue weighted by molar-refractivity contribution is -0.167. The lowest BCUT2D eigenvalue weighted by Crippen LogP contribution is -2.30. The molecule has 0 radical (unpaired) electrons. The summed E-state index contributed by atoms with van der Waals surface area (Å²) in [6.45, 7) is 6.43. The molecule has 0 aliphatic carbocycles. The molecule has 0 fully saturated rings. The summed E-state index contributed by atoms with van der Waals surface area (Å²) in [6.07, 6.45) is 75.5. The summed E-state index contributed by atoms with van der Waals surface area (Å²) in [5.41, 5.74) is 0. The maximum atomic E-state index is 12.9. The number of allylic oxidation sites excluding steroid dienone is 16. The predicted octanol–water partition coefficient (Wildman–Crippen LogP) is 19.3. The van der Waals surface area contributed by atoms with Gasteiger partial charge in [-0.15, -0.1) is 0 Å². The van der Waals surface area contributed by atoms with Crippen LogP contribution in [-0.4, -0.2) is 37.2 Å². The molecule has 0 N–H and O–H groups in total. The van der Waals surface area contributed by atoms with Crippen LogP contribution in [0.2, 0.25) is 0 Å². The summed E-state index contributed by atoms with van der Waals surface area (Å²) >= 11 is 0. The van der Waals surface area contributed by atoms with E-state index in [-0.39, 0.29) is 31.1 Å². The fourth-order valence-corrected chi connectivity index (χ4v) is 7.73. The predicted molar refractivity (Wildman–Crippen MR) is 297 cm³/mol. The Labute approximate surface area is 426 Å². The lowest BCUT2D eigenvalue weighted by atomic mass is 10.0. The fraction of sp³-hybridized carbons (Fsp3) is 0.698. The zero-order valence-electron chi connectivity index (χ0n) is 45.0. The highest BCUT2D eigenvalue weighted by atomic mass is 16.6. The quantitative estimate of drug-likeness (QED) is 0.0262. The highest BCUT2D eigenvalue weighted by molar-refractivity contribution is 5.71. The third kappa shape index (κ3) is 55.1. The van der Waals surface area contributed by atoms with E-state index < -0.39 is 6.10 Å². The molecule has 0 unspecified atom stereocenters. The average Bonchev–Trinajstić information content (AvgIpc) is 3.35. The summed E-state index contributed by atoms with van der Waals surface area (Å²) in [5, 5.41) is 0. The van der Waals surface area contributed by atoms with Crippen LogP contribution in [0.25, 0.3) is 0 Å². The molecule has 0 spiro atoms. The minimum atomic E-state index is -0.811. The summed E-state index contributed by atoms with van der Waals surface area (Å²) in [5.74, 6) is -0.985. The fourth-order valence-electron chi connectivity index (χ4n) is 7.73. The first kappa shape index (κ1) is 65.3. The van der Waals surface area contributed by atoms with Crippen molar-refractivity contribution in [3.63, 3.8) is 0 Å². The SMILES string of the molecule is CC/C=C\C/C=C\C/C=C\C/C=C\CCCCC(=O)OC[C@H](COC(=O)CCCC/C=C\C/C=C\C/C=C\CCCCC)OC(=O)CCCCCCCCCCCCC/C=C\CCCCCCCC. The Morgan fingerprint density at radius 3 is 0.957 bits per heavy atom. The van der Waals surface area contributed by atoms with Crippen LogP contribution in [0.1, 0.15) is 265 Å². The number of carbonyl (C=O) groups is 3. The van der Waals surface area contributed by atoms with E-state index in [1.165, 1.54) is 128 Å². The molecule has 0 aliphatic rings. The molecule has 0 amide bonds. The van der Waals surface area contributed by atoms with Gasteiger partial charge >= 0.3 is 17.9 Å². The van der Waals surface area contributed by atoms with Crippen LogP contribution >= 0.6 is 0 Å². The molecule has 1 atom stereocenters. The zero-order valence-corrected chi connectivity index (χ0v) is 45.0. The molecule has 0 bridgehead atoms. The molecule has 69 heavy (non-hydrogen) atoms. The van der Waals surface area contributed by atoms with Crippen LogP contribution in [-0.2, 0) is 28.6 Å². The molecule has 0 aliphatic heterocycles. The van der Waals surface area contributed by atoms with Crippen molar-refractivity contribution in [2.45, 2.75) is 271 Å². The molecular weight excluding hydrogens is 853 g/mol. The van der Waals surface area contributed by atoms with E-state index in [0.29, 0.717) is 19.3 Å². The van der Waals surface area contributed by atoms with Gasteiger partial charge in [0, 0.05) is 19.3 Å². The van der Waals surface area contributed by atoms with Gasteiger partial charge in [-0.2, -0.15) is 0 Å². The summed E-state index contributed by atoms with van der Waals surface area (Å²) in [7, 11) is 0. The topological polar surface area (TPSA) is 78.9 Å². The second-order valence-corrected chi connectivity index (χ2v) is 18.8. The maximum Gasteiger partial charge on any atom is 0.306 e. The van der Waals surface area contributed by atoms with E-state index >= 15 is 0 Å². The number of unbranched alkanes of at least 4 members (excludes halogenated alkanes) is 24. The van der Waals surface area contributed by atoms with Crippen molar-refractivity contribution in [1.82, 2.24) is 0 Å². The number of ether oxygens (including phenoxy) is 3. The van der Waals surface area contributed by atoms with Gasteiger partial charge in [-0.05, 0) is 122 Å². The number of carbonyl (C=O) groups excluding carboxylic acids is 3. The lowest BCUT2D eigenvalue weighted by Gasteiger charge is -2.18. The van der Waals surface area contributed by atoms with Gasteiger partial charge in [0.05, 0.1) is 0 Å². The van der Waals surface area contributed by atoms with Crippen molar-refractivity contribution >= 4 is 17.9 Å². The number of hydrogen-bond acceptors (Lipinski definition) is 6. The van der Waals surface area contributed by atoms with Crippen LogP contribution in [0.5, 0.6) is 0 Å².